The summed E-state index contributed by atoms with van der Waals surface area (Å²) in [7, 11) is 1.32. The van der Waals surface area contributed by atoms with Gasteiger partial charge in [-0.3, -0.25) is 9.59 Å². The predicted octanol–water partition coefficient (Wildman–Crippen LogP) is 1.33. The fraction of sp³-hybridized carbons (Fsp3) is 0.636. The number of Topliss-reactive ketones (excluding diaryl/α,β-unsaturated/α-hetero) is 1. The van der Waals surface area contributed by atoms with Gasteiger partial charge in [0.25, 0.3) is 0 Å². The third-order valence-electron chi connectivity index (χ3n) is 3.28. The van der Waals surface area contributed by atoms with Gasteiger partial charge in [-0.2, -0.15) is 0 Å². The van der Waals surface area contributed by atoms with Crippen molar-refractivity contribution in [3.05, 3.63) is 12.2 Å². The van der Waals surface area contributed by atoms with Gasteiger partial charge in [-0.25, -0.2) is 0 Å². The molecule has 0 saturated heterocycles. The quantitative estimate of drug-likeness (QED) is 0.387. The van der Waals surface area contributed by atoms with Crippen molar-refractivity contribution in [2.75, 3.05) is 7.11 Å². The Morgan fingerprint density at radius 2 is 1.86 bits per heavy atom. The summed E-state index contributed by atoms with van der Waals surface area (Å²) in [5, 5.41) is 0. The summed E-state index contributed by atoms with van der Waals surface area (Å²) < 4.78 is 4.49. The van der Waals surface area contributed by atoms with Crippen LogP contribution in [-0.2, 0) is 14.3 Å². The number of fused-ring (bicyclic) bond motifs is 2. The van der Waals surface area contributed by atoms with Gasteiger partial charge in [-0.05, 0) is 24.7 Å². The second-order valence-electron chi connectivity index (χ2n) is 4.03. The number of esters is 1. The summed E-state index contributed by atoms with van der Waals surface area (Å²) >= 11 is 0. The molecule has 1 saturated carbocycles. The molecular formula is C11H14O3. The van der Waals surface area contributed by atoms with Crippen molar-refractivity contribution in [3.63, 3.8) is 0 Å². The first-order valence-electron chi connectivity index (χ1n) is 5.00. The standard InChI is InChI=1S/C11H14O3/c1-14-10(13)6-9(12)11-7-2-3-8(11)5-4-7/h2-3,7-8,11H,4-6H2,1H3. The van der Waals surface area contributed by atoms with E-state index >= 15 is 0 Å². The highest BCUT2D eigenvalue weighted by Gasteiger charge is 2.42. The van der Waals surface area contributed by atoms with Crippen molar-refractivity contribution in [1.82, 2.24) is 0 Å². The Balaban J connectivity index is 1.97. The maximum absolute atomic E-state index is 11.7. The van der Waals surface area contributed by atoms with Crippen LogP contribution in [0.4, 0.5) is 0 Å². The highest BCUT2D eigenvalue weighted by atomic mass is 16.5. The van der Waals surface area contributed by atoms with Gasteiger partial charge in [-0.15, -0.1) is 0 Å². The minimum atomic E-state index is -0.415. The molecule has 2 atom stereocenters. The summed E-state index contributed by atoms with van der Waals surface area (Å²) in [6.45, 7) is 0. The van der Waals surface area contributed by atoms with E-state index in [-0.39, 0.29) is 18.1 Å². The number of ketones is 1. The topological polar surface area (TPSA) is 43.4 Å². The molecule has 0 aliphatic heterocycles. The second-order valence-corrected chi connectivity index (χ2v) is 4.03. The molecule has 0 aromatic carbocycles. The first kappa shape index (κ1) is 9.44. The molecule has 14 heavy (non-hydrogen) atoms. The summed E-state index contributed by atoms with van der Waals surface area (Å²) in [6.07, 6.45) is 6.37. The van der Waals surface area contributed by atoms with E-state index in [1.807, 2.05) is 0 Å². The van der Waals surface area contributed by atoms with E-state index in [9.17, 15) is 9.59 Å². The van der Waals surface area contributed by atoms with Crippen LogP contribution in [0.25, 0.3) is 0 Å². The molecule has 2 bridgehead atoms. The van der Waals surface area contributed by atoms with E-state index < -0.39 is 5.97 Å². The minimum Gasteiger partial charge on any atom is -0.469 e. The Morgan fingerprint density at radius 1 is 1.29 bits per heavy atom. The van der Waals surface area contributed by atoms with Gasteiger partial charge in [0.15, 0.2) is 0 Å². The first-order chi connectivity index (χ1) is 6.72. The van der Waals surface area contributed by atoms with Crippen LogP contribution in [0.2, 0.25) is 0 Å². The van der Waals surface area contributed by atoms with Crippen molar-refractivity contribution in [1.29, 1.82) is 0 Å². The van der Waals surface area contributed by atoms with Crippen LogP contribution < -0.4 is 0 Å². The summed E-state index contributed by atoms with van der Waals surface area (Å²) in [5.74, 6) is 0.471. The number of allylic oxidation sites excluding steroid dienone is 2. The molecule has 76 valence electrons. The molecule has 0 aromatic rings. The predicted molar refractivity (Wildman–Crippen MR) is 50.5 cm³/mol. The molecule has 0 spiro atoms. The molecule has 0 radical (unpaired) electrons. The lowest BCUT2D eigenvalue weighted by atomic mass is 9.90. The molecule has 2 rings (SSSR count). The van der Waals surface area contributed by atoms with Gasteiger partial charge in [0.2, 0.25) is 0 Å². The number of carbonyl (C=O) groups excluding carboxylic acids is 2. The molecular weight excluding hydrogens is 180 g/mol. The van der Waals surface area contributed by atoms with Crippen molar-refractivity contribution in [2.45, 2.75) is 19.3 Å². The summed E-state index contributed by atoms with van der Waals surface area (Å²) in [5.41, 5.74) is 0. The summed E-state index contributed by atoms with van der Waals surface area (Å²) in [4.78, 5) is 22.7. The van der Waals surface area contributed by atoms with E-state index in [0.29, 0.717) is 11.8 Å². The van der Waals surface area contributed by atoms with Gasteiger partial charge in [0.1, 0.15) is 12.2 Å². The largest absolute Gasteiger partial charge is 0.469 e. The van der Waals surface area contributed by atoms with Crippen LogP contribution in [0.5, 0.6) is 0 Å². The van der Waals surface area contributed by atoms with Gasteiger partial charge in [0, 0.05) is 5.92 Å². The van der Waals surface area contributed by atoms with Crippen molar-refractivity contribution >= 4 is 11.8 Å². The average Bonchev–Trinajstić information content (AvgIpc) is 2.76. The van der Waals surface area contributed by atoms with E-state index in [2.05, 4.69) is 16.9 Å². The van der Waals surface area contributed by atoms with Crippen molar-refractivity contribution in [3.8, 4) is 0 Å². The minimum absolute atomic E-state index is 0.0503. The molecule has 3 heteroatoms. The highest BCUT2D eigenvalue weighted by molar-refractivity contribution is 5.97. The van der Waals surface area contributed by atoms with Crippen LogP contribution in [-0.4, -0.2) is 18.9 Å². The normalized spacial score (nSPS) is 33.4. The van der Waals surface area contributed by atoms with Gasteiger partial charge in [-0.1, -0.05) is 12.2 Å². The number of rotatable bonds is 3. The zero-order valence-electron chi connectivity index (χ0n) is 8.23. The number of carbonyl (C=O) groups is 2. The van der Waals surface area contributed by atoms with Crippen molar-refractivity contribution in [2.24, 2.45) is 17.8 Å². The number of ether oxygens (including phenoxy) is 1. The number of hydrogen-bond donors (Lipinski definition) is 0. The maximum Gasteiger partial charge on any atom is 0.313 e. The fourth-order valence-corrected chi connectivity index (χ4v) is 2.59. The lowest BCUT2D eigenvalue weighted by Gasteiger charge is -2.12. The molecule has 1 fully saturated rings. The zero-order valence-corrected chi connectivity index (χ0v) is 8.23. The molecule has 0 heterocycles. The van der Waals surface area contributed by atoms with E-state index in [0.717, 1.165) is 12.8 Å². The number of methoxy groups -OCH3 is 1. The number of hydrogen-bond acceptors (Lipinski definition) is 3. The van der Waals surface area contributed by atoms with Crippen LogP contribution in [0, 0.1) is 17.8 Å². The van der Waals surface area contributed by atoms with Gasteiger partial charge in [0.05, 0.1) is 7.11 Å². The van der Waals surface area contributed by atoms with E-state index in [1.54, 1.807) is 0 Å². The van der Waals surface area contributed by atoms with Crippen LogP contribution in [0.1, 0.15) is 19.3 Å². The Bertz CT molecular complexity index is 279. The molecule has 0 N–H and O–H groups in total. The van der Waals surface area contributed by atoms with Crippen molar-refractivity contribution < 1.29 is 14.3 Å². The molecule has 2 aliphatic rings. The lowest BCUT2D eigenvalue weighted by molar-refractivity contribution is -0.144. The van der Waals surface area contributed by atoms with E-state index in [4.69, 9.17) is 0 Å². The third kappa shape index (κ3) is 1.47. The highest BCUT2D eigenvalue weighted by Crippen LogP contribution is 2.45. The average molecular weight is 194 g/mol. The monoisotopic (exact) mass is 194 g/mol. The molecule has 3 nitrogen and oxygen atoms in total. The maximum atomic E-state index is 11.7. The second kappa shape index (κ2) is 3.56. The molecule has 0 amide bonds. The fourth-order valence-electron chi connectivity index (χ4n) is 2.59. The SMILES string of the molecule is COC(=O)CC(=O)C1C2C=CC1CC2. The lowest BCUT2D eigenvalue weighted by Crippen LogP contribution is -2.22. The van der Waals surface area contributed by atoms with Gasteiger partial charge >= 0.3 is 5.97 Å². The third-order valence-corrected chi connectivity index (χ3v) is 3.28. The Hall–Kier alpha value is -1.12. The smallest absolute Gasteiger partial charge is 0.313 e. The molecule has 0 aromatic heterocycles. The molecule has 2 unspecified atom stereocenters. The molecule has 2 aliphatic carbocycles. The first-order valence-corrected chi connectivity index (χ1v) is 5.00. The zero-order chi connectivity index (χ0) is 10.1. The van der Waals surface area contributed by atoms with Crippen LogP contribution >= 0.6 is 0 Å². The van der Waals surface area contributed by atoms with Crippen LogP contribution in [0.3, 0.4) is 0 Å². The Morgan fingerprint density at radius 3 is 2.29 bits per heavy atom. The van der Waals surface area contributed by atoms with Gasteiger partial charge < -0.3 is 4.74 Å². The Kier molecular flexibility index (Phi) is 2.40. The Labute approximate surface area is 83.1 Å². The van der Waals surface area contributed by atoms with E-state index in [1.165, 1.54) is 7.11 Å². The summed E-state index contributed by atoms with van der Waals surface area (Å²) in [6, 6.07) is 0. The van der Waals surface area contributed by atoms with Crippen LogP contribution in [0.15, 0.2) is 12.2 Å².